The smallest absolute Gasteiger partial charge is 0.343 e. The average Bonchev–Trinajstić information content (AvgIpc) is 2.79. The highest BCUT2D eigenvalue weighted by Crippen LogP contribution is 2.23. The summed E-state index contributed by atoms with van der Waals surface area (Å²) in [4.78, 5) is 27.2. The van der Waals surface area contributed by atoms with E-state index in [0.717, 1.165) is 23.5 Å². The van der Waals surface area contributed by atoms with Crippen molar-refractivity contribution in [1.82, 2.24) is 9.78 Å². The predicted molar refractivity (Wildman–Crippen MR) is 110 cm³/mol. The van der Waals surface area contributed by atoms with Gasteiger partial charge in [0, 0.05) is 24.3 Å². The highest BCUT2D eigenvalue weighted by Gasteiger charge is 2.18. The Labute approximate surface area is 172 Å². The fraction of sp³-hybridized carbons (Fsp3) is 0.227. The molecule has 0 atom stereocenters. The van der Waals surface area contributed by atoms with E-state index in [1.165, 1.54) is 31.4 Å². The van der Waals surface area contributed by atoms with Crippen LogP contribution in [0, 0.1) is 5.82 Å². The van der Waals surface area contributed by atoms with Crippen molar-refractivity contribution in [3.05, 3.63) is 76.3 Å². The summed E-state index contributed by atoms with van der Waals surface area (Å²) < 4.78 is 24.8. The Kier molecular flexibility index (Phi) is 5.58. The number of carbonyl (C=O) groups excluding carboxylic acids is 1. The highest BCUT2D eigenvalue weighted by molar-refractivity contribution is 5.90. The number of hydrogen-bond donors (Lipinski definition) is 0. The van der Waals surface area contributed by atoms with Gasteiger partial charge in [-0.25, -0.2) is 9.18 Å². The predicted octanol–water partition coefficient (Wildman–Crippen LogP) is 2.66. The quantitative estimate of drug-likeness (QED) is 0.617. The summed E-state index contributed by atoms with van der Waals surface area (Å²) in [6.45, 7) is 3.00. The van der Waals surface area contributed by atoms with Crippen molar-refractivity contribution >= 4 is 11.7 Å². The van der Waals surface area contributed by atoms with Crippen LogP contribution in [0.1, 0.15) is 10.4 Å². The first-order valence-electron chi connectivity index (χ1n) is 9.48. The van der Waals surface area contributed by atoms with Crippen molar-refractivity contribution in [1.29, 1.82) is 0 Å². The van der Waals surface area contributed by atoms with E-state index in [0.29, 0.717) is 24.5 Å². The summed E-state index contributed by atoms with van der Waals surface area (Å²) in [6.07, 6.45) is 0. The molecule has 1 fully saturated rings. The number of esters is 1. The molecule has 2 aromatic carbocycles. The zero-order valence-corrected chi connectivity index (χ0v) is 16.4. The van der Waals surface area contributed by atoms with Crippen LogP contribution in [0.25, 0.3) is 16.9 Å². The minimum Gasteiger partial charge on any atom is -0.465 e. The molecule has 0 radical (unpaired) electrons. The maximum Gasteiger partial charge on any atom is 0.343 e. The molecule has 0 spiro atoms. The number of halogens is 1. The molecule has 0 unspecified atom stereocenters. The molecule has 4 rings (SSSR count). The van der Waals surface area contributed by atoms with E-state index < -0.39 is 17.3 Å². The molecular formula is C22H20FN3O4. The summed E-state index contributed by atoms with van der Waals surface area (Å²) >= 11 is 0. The molecule has 154 valence electrons. The zero-order chi connectivity index (χ0) is 21.1. The number of aromatic nitrogens is 2. The number of rotatable bonds is 4. The molecule has 0 amide bonds. The summed E-state index contributed by atoms with van der Waals surface area (Å²) in [7, 11) is 1.20. The van der Waals surface area contributed by atoms with Crippen LogP contribution in [0.2, 0.25) is 0 Å². The van der Waals surface area contributed by atoms with Gasteiger partial charge in [0.1, 0.15) is 11.4 Å². The van der Waals surface area contributed by atoms with Crippen LogP contribution in [0.5, 0.6) is 0 Å². The second kappa shape index (κ2) is 8.46. The van der Waals surface area contributed by atoms with Gasteiger partial charge in [-0.3, -0.25) is 4.79 Å². The molecule has 30 heavy (non-hydrogen) atoms. The third-order valence-electron chi connectivity index (χ3n) is 4.91. The Morgan fingerprint density at radius 1 is 1.07 bits per heavy atom. The van der Waals surface area contributed by atoms with Crippen molar-refractivity contribution < 1.29 is 18.7 Å². The minimum atomic E-state index is -0.779. The Balaban J connectivity index is 1.78. The van der Waals surface area contributed by atoms with Crippen molar-refractivity contribution in [3.63, 3.8) is 0 Å². The molecule has 0 saturated carbocycles. The number of benzene rings is 2. The van der Waals surface area contributed by atoms with Gasteiger partial charge in [-0.2, -0.15) is 9.78 Å². The molecule has 1 saturated heterocycles. The summed E-state index contributed by atoms with van der Waals surface area (Å²) in [5, 5.41) is 4.37. The summed E-state index contributed by atoms with van der Waals surface area (Å²) in [5.74, 6) is -1.29. The van der Waals surface area contributed by atoms with Gasteiger partial charge in [0.05, 0.1) is 31.7 Å². The maximum absolute atomic E-state index is 13.7. The first-order chi connectivity index (χ1) is 14.6. The third kappa shape index (κ3) is 3.95. The van der Waals surface area contributed by atoms with E-state index in [2.05, 4.69) is 10.00 Å². The molecule has 0 aliphatic carbocycles. The van der Waals surface area contributed by atoms with Gasteiger partial charge in [0.2, 0.25) is 0 Å². The van der Waals surface area contributed by atoms with Crippen LogP contribution in [-0.4, -0.2) is 49.2 Å². The first kappa shape index (κ1) is 19.8. The van der Waals surface area contributed by atoms with Gasteiger partial charge in [0.15, 0.2) is 0 Å². The van der Waals surface area contributed by atoms with Crippen LogP contribution in [-0.2, 0) is 9.47 Å². The molecule has 1 aliphatic heterocycles. The number of anilines is 1. The standard InChI is InChI=1S/C22H20FN3O4/c1-29-22(28)19-14-20(24-26(21(19)27)18-4-2-3-16(23)13-18)15-5-7-17(8-6-15)25-9-11-30-12-10-25/h2-8,13-14H,9-12H2,1H3. The summed E-state index contributed by atoms with van der Waals surface area (Å²) in [6, 6.07) is 14.5. The molecule has 1 aromatic heterocycles. The monoisotopic (exact) mass is 409 g/mol. The largest absolute Gasteiger partial charge is 0.465 e. The molecule has 0 N–H and O–H groups in total. The van der Waals surface area contributed by atoms with Gasteiger partial charge >= 0.3 is 5.97 Å². The van der Waals surface area contributed by atoms with E-state index >= 15 is 0 Å². The van der Waals surface area contributed by atoms with Crippen molar-refractivity contribution in [2.75, 3.05) is 38.3 Å². The van der Waals surface area contributed by atoms with Crippen molar-refractivity contribution in [3.8, 4) is 16.9 Å². The minimum absolute atomic E-state index is 0.177. The number of methoxy groups -OCH3 is 1. The average molecular weight is 409 g/mol. The van der Waals surface area contributed by atoms with E-state index in [1.807, 2.05) is 24.3 Å². The second-order valence-corrected chi connectivity index (χ2v) is 6.78. The summed E-state index contributed by atoms with van der Waals surface area (Å²) in [5.41, 5.74) is 1.52. The molecule has 1 aliphatic rings. The second-order valence-electron chi connectivity index (χ2n) is 6.78. The fourth-order valence-corrected chi connectivity index (χ4v) is 3.34. The van der Waals surface area contributed by atoms with Crippen LogP contribution in [0.15, 0.2) is 59.4 Å². The Bertz CT molecular complexity index is 1120. The first-order valence-corrected chi connectivity index (χ1v) is 9.48. The Hall–Kier alpha value is -3.52. The lowest BCUT2D eigenvalue weighted by atomic mass is 10.1. The van der Waals surface area contributed by atoms with Gasteiger partial charge in [-0.1, -0.05) is 18.2 Å². The number of carbonyl (C=O) groups is 1. The SMILES string of the molecule is COC(=O)c1cc(-c2ccc(N3CCOCC3)cc2)nn(-c2cccc(F)c2)c1=O. The topological polar surface area (TPSA) is 73.7 Å². The molecular weight excluding hydrogens is 389 g/mol. The Morgan fingerprint density at radius 2 is 1.80 bits per heavy atom. The number of morpholine rings is 1. The van der Waals surface area contributed by atoms with E-state index in [-0.39, 0.29) is 11.3 Å². The van der Waals surface area contributed by atoms with Crippen molar-refractivity contribution in [2.24, 2.45) is 0 Å². The molecule has 0 bridgehead atoms. The zero-order valence-electron chi connectivity index (χ0n) is 16.4. The third-order valence-corrected chi connectivity index (χ3v) is 4.91. The maximum atomic E-state index is 13.7. The van der Waals surface area contributed by atoms with Gasteiger partial charge in [0.25, 0.3) is 5.56 Å². The lowest BCUT2D eigenvalue weighted by Gasteiger charge is -2.28. The molecule has 2 heterocycles. The molecule has 8 heteroatoms. The number of hydrogen-bond acceptors (Lipinski definition) is 6. The number of nitrogens with zero attached hydrogens (tertiary/aromatic N) is 3. The van der Waals surface area contributed by atoms with Gasteiger partial charge in [-0.15, -0.1) is 0 Å². The van der Waals surface area contributed by atoms with Gasteiger partial charge < -0.3 is 14.4 Å². The van der Waals surface area contributed by atoms with Crippen LogP contribution < -0.4 is 10.5 Å². The van der Waals surface area contributed by atoms with Gasteiger partial charge in [-0.05, 0) is 36.4 Å². The van der Waals surface area contributed by atoms with E-state index in [4.69, 9.17) is 9.47 Å². The molecule has 7 nitrogen and oxygen atoms in total. The van der Waals surface area contributed by atoms with Crippen LogP contribution in [0.3, 0.4) is 0 Å². The van der Waals surface area contributed by atoms with Crippen LogP contribution in [0.4, 0.5) is 10.1 Å². The highest BCUT2D eigenvalue weighted by atomic mass is 19.1. The van der Waals surface area contributed by atoms with Crippen LogP contribution >= 0.6 is 0 Å². The lowest BCUT2D eigenvalue weighted by molar-refractivity contribution is 0.0598. The number of ether oxygens (including phenoxy) is 2. The normalized spacial score (nSPS) is 13.9. The Morgan fingerprint density at radius 3 is 2.47 bits per heavy atom. The fourth-order valence-electron chi connectivity index (χ4n) is 3.34. The molecule has 3 aromatic rings. The van der Waals surface area contributed by atoms with Crippen molar-refractivity contribution in [2.45, 2.75) is 0 Å². The van der Waals surface area contributed by atoms with E-state index in [9.17, 15) is 14.0 Å². The van der Waals surface area contributed by atoms with E-state index in [1.54, 1.807) is 6.07 Å². The lowest BCUT2D eigenvalue weighted by Crippen LogP contribution is -2.36.